The van der Waals surface area contributed by atoms with E-state index < -0.39 is 4.92 Å². The van der Waals surface area contributed by atoms with Crippen LogP contribution in [0.3, 0.4) is 0 Å². The molecule has 0 spiro atoms. The molecule has 6 heteroatoms. The summed E-state index contributed by atoms with van der Waals surface area (Å²) in [6.45, 7) is 0.110. The number of nitro groups is 1. The Hall–Kier alpha value is -2.08. The highest BCUT2D eigenvalue weighted by atomic mass is 79.9. The van der Waals surface area contributed by atoms with Crippen molar-refractivity contribution in [1.29, 1.82) is 0 Å². The monoisotopic (exact) mass is 351 g/mol. The zero-order chi connectivity index (χ0) is 15.2. The average molecular weight is 352 g/mol. The van der Waals surface area contributed by atoms with E-state index in [-0.39, 0.29) is 12.3 Å². The number of hydrogen-bond acceptors (Lipinski definition) is 4. The largest absolute Gasteiger partial charge is 0.493 e. The van der Waals surface area contributed by atoms with Crippen LogP contribution in [0.1, 0.15) is 11.1 Å². The van der Waals surface area contributed by atoms with E-state index in [9.17, 15) is 10.1 Å². The number of nitro benzene ring substituents is 1. The Bertz CT molecular complexity index is 645. The first-order chi connectivity index (χ1) is 10.2. The van der Waals surface area contributed by atoms with Gasteiger partial charge >= 0.3 is 0 Å². The molecule has 0 bridgehead atoms. The van der Waals surface area contributed by atoms with Crippen LogP contribution in [0, 0.1) is 10.1 Å². The Morgan fingerprint density at radius 3 is 2.62 bits per heavy atom. The van der Waals surface area contributed by atoms with Crippen molar-refractivity contribution >= 4 is 21.6 Å². The van der Waals surface area contributed by atoms with Gasteiger partial charge in [0.2, 0.25) is 0 Å². The lowest BCUT2D eigenvalue weighted by molar-refractivity contribution is -0.385. The van der Waals surface area contributed by atoms with Gasteiger partial charge in [0, 0.05) is 11.4 Å². The van der Waals surface area contributed by atoms with Gasteiger partial charge in [-0.2, -0.15) is 0 Å². The summed E-state index contributed by atoms with van der Waals surface area (Å²) in [5.41, 5.74) is 1.61. The minimum Gasteiger partial charge on any atom is -0.493 e. The molecule has 2 aromatic rings. The maximum absolute atomic E-state index is 11.0. The summed E-state index contributed by atoms with van der Waals surface area (Å²) >= 11 is 3.38. The summed E-state index contributed by atoms with van der Waals surface area (Å²) in [5.74, 6) is 1.16. The molecule has 0 radical (unpaired) electrons. The predicted octanol–water partition coefficient (Wildman–Crippen LogP) is 4.08. The van der Waals surface area contributed by atoms with E-state index in [1.807, 2.05) is 18.2 Å². The van der Waals surface area contributed by atoms with Crippen molar-refractivity contribution in [3.8, 4) is 11.5 Å². The molecule has 0 aliphatic carbocycles. The van der Waals surface area contributed by atoms with Gasteiger partial charge < -0.3 is 9.47 Å². The summed E-state index contributed by atoms with van der Waals surface area (Å²) in [7, 11) is 1.56. The molecule has 2 rings (SSSR count). The van der Waals surface area contributed by atoms with Crippen molar-refractivity contribution in [2.45, 2.75) is 11.9 Å². The fourth-order valence-electron chi connectivity index (χ4n) is 1.88. The van der Waals surface area contributed by atoms with Crippen LogP contribution in [0.2, 0.25) is 0 Å². The van der Waals surface area contributed by atoms with E-state index in [2.05, 4.69) is 15.9 Å². The molecule has 0 saturated carbocycles. The van der Waals surface area contributed by atoms with Crippen molar-refractivity contribution in [3.63, 3.8) is 0 Å². The molecule has 0 aliphatic heterocycles. The van der Waals surface area contributed by atoms with Gasteiger partial charge in [-0.1, -0.05) is 34.1 Å². The lowest BCUT2D eigenvalue weighted by atomic mass is 10.2. The third-order valence-corrected chi connectivity index (χ3v) is 3.60. The summed E-state index contributed by atoms with van der Waals surface area (Å²) in [6, 6.07) is 12.1. The summed E-state index contributed by atoms with van der Waals surface area (Å²) in [5, 5.41) is 11.7. The van der Waals surface area contributed by atoms with Gasteiger partial charge in [0.1, 0.15) is 6.61 Å². The molecule has 0 aliphatic rings. The Labute approximate surface area is 130 Å². The number of ether oxygens (including phenoxy) is 2. The van der Waals surface area contributed by atoms with Gasteiger partial charge in [0.05, 0.1) is 17.6 Å². The standard InChI is InChI=1S/C15H14BrNO4/c1-20-14-7-6-11(9-16)8-15(14)21-10-12-4-2-3-5-13(12)17(18)19/h2-8H,9-10H2,1H3. The minimum absolute atomic E-state index is 0.0492. The molecule has 21 heavy (non-hydrogen) atoms. The second kappa shape index (κ2) is 7.08. The first kappa shape index (κ1) is 15.3. The van der Waals surface area contributed by atoms with Crippen LogP contribution in [-0.2, 0) is 11.9 Å². The van der Waals surface area contributed by atoms with E-state index in [1.54, 1.807) is 25.3 Å². The summed E-state index contributed by atoms with van der Waals surface area (Å²) in [6.07, 6.45) is 0. The van der Waals surface area contributed by atoms with Crippen molar-refractivity contribution in [2.75, 3.05) is 7.11 Å². The normalized spacial score (nSPS) is 10.2. The number of halogens is 1. The molecule has 110 valence electrons. The molecular weight excluding hydrogens is 338 g/mol. The van der Waals surface area contributed by atoms with Gasteiger partial charge in [-0.25, -0.2) is 0 Å². The van der Waals surface area contributed by atoms with Gasteiger partial charge in [-0.15, -0.1) is 0 Å². The number of para-hydroxylation sites is 1. The molecule has 0 atom stereocenters. The van der Waals surface area contributed by atoms with E-state index >= 15 is 0 Å². The molecule has 0 fully saturated rings. The van der Waals surface area contributed by atoms with Crippen LogP contribution < -0.4 is 9.47 Å². The highest BCUT2D eigenvalue weighted by molar-refractivity contribution is 9.08. The first-order valence-corrected chi connectivity index (χ1v) is 7.36. The Morgan fingerprint density at radius 2 is 1.95 bits per heavy atom. The Balaban J connectivity index is 2.22. The molecular formula is C15H14BrNO4. The number of nitrogens with zero attached hydrogens (tertiary/aromatic N) is 1. The summed E-state index contributed by atoms with van der Waals surface area (Å²) in [4.78, 5) is 10.6. The second-order valence-corrected chi connectivity index (χ2v) is 4.85. The van der Waals surface area contributed by atoms with Crippen molar-refractivity contribution < 1.29 is 14.4 Å². The fraction of sp³-hybridized carbons (Fsp3) is 0.200. The Kier molecular flexibility index (Phi) is 5.16. The zero-order valence-corrected chi connectivity index (χ0v) is 13.0. The van der Waals surface area contributed by atoms with Crippen LogP contribution in [-0.4, -0.2) is 12.0 Å². The topological polar surface area (TPSA) is 61.6 Å². The van der Waals surface area contributed by atoms with Crippen LogP contribution >= 0.6 is 15.9 Å². The number of alkyl halides is 1. The van der Waals surface area contributed by atoms with E-state index in [0.717, 1.165) is 5.56 Å². The van der Waals surface area contributed by atoms with Gasteiger partial charge in [0.25, 0.3) is 5.69 Å². The zero-order valence-electron chi connectivity index (χ0n) is 11.4. The highest BCUT2D eigenvalue weighted by Gasteiger charge is 2.14. The number of rotatable bonds is 6. The van der Waals surface area contributed by atoms with Crippen molar-refractivity contribution in [1.82, 2.24) is 0 Å². The van der Waals surface area contributed by atoms with Crippen LogP contribution in [0.5, 0.6) is 11.5 Å². The SMILES string of the molecule is COc1ccc(CBr)cc1OCc1ccccc1[N+](=O)[O-]. The molecule has 5 nitrogen and oxygen atoms in total. The third kappa shape index (κ3) is 3.72. The van der Waals surface area contributed by atoms with Crippen LogP contribution in [0.15, 0.2) is 42.5 Å². The highest BCUT2D eigenvalue weighted by Crippen LogP contribution is 2.30. The maximum Gasteiger partial charge on any atom is 0.276 e. The smallest absolute Gasteiger partial charge is 0.276 e. The molecule has 0 N–H and O–H groups in total. The number of methoxy groups -OCH3 is 1. The van der Waals surface area contributed by atoms with Crippen LogP contribution in [0.4, 0.5) is 5.69 Å². The maximum atomic E-state index is 11.0. The molecule has 0 amide bonds. The molecule has 2 aromatic carbocycles. The van der Waals surface area contributed by atoms with Gasteiger partial charge in [0.15, 0.2) is 11.5 Å². The van der Waals surface area contributed by atoms with Crippen LogP contribution in [0.25, 0.3) is 0 Å². The van der Waals surface area contributed by atoms with E-state index in [0.29, 0.717) is 22.4 Å². The number of hydrogen-bond donors (Lipinski definition) is 0. The van der Waals surface area contributed by atoms with E-state index in [1.165, 1.54) is 6.07 Å². The quantitative estimate of drug-likeness (QED) is 0.447. The third-order valence-electron chi connectivity index (χ3n) is 2.95. The molecule has 0 saturated heterocycles. The number of benzene rings is 2. The predicted molar refractivity (Wildman–Crippen MR) is 83.1 cm³/mol. The van der Waals surface area contributed by atoms with Gasteiger partial charge in [-0.05, 0) is 23.8 Å². The lowest BCUT2D eigenvalue weighted by Crippen LogP contribution is -2.01. The summed E-state index contributed by atoms with van der Waals surface area (Å²) < 4.78 is 10.9. The van der Waals surface area contributed by atoms with Crippen molar-refractivity contribution in [2.24, 2.45) is 0 Å². The minimum atomic E-state index is -0.412. The Morgan fingerprint density at radius 1 is 1.19 bits per heavy atom. The molecule has 0 unspecified atom stereocenters. The van der Waals surface area contributed by atoms with Gasteiger partial charge in [-0.3, -0.25) is 10.1 Å². The lowest BCUT2D eigenvalue weighted by Gasteiger charge is -2.12. The average Bonchev–Trinajstić information content (AvgIpc) is 2.52. The van der Waals surface area contributed by atoms with Crippen molar-refractivity contribution in [3.05, 3.63) is 63.7 Å². The second-order valence-electron chi connectivity index (χ2n) is 4.29. The first-order valence-electron chi connectivity index (χ1n) is 6.23. The van der Waals surface area contributed by atoms with E-state index in [4.69, 9.17) is 9.47 Å². The fourth-order valence-corrected chi connectivity index (χ4v) is 2.23. The molecule has 0 aromatic heterocycles. The molecule has 0 heterocycles.